The number of alkyl halides is 3. The van der Waals surface area contributed by atoms with Gasteiger partial charge in [0.2, 0.25) is 0 Å². The largest absolute Gasteiger partial charge is 0.416 e. The molecule has 0 spiro atoms. The van der Waals surface area contributed by atoms with Crippen molar-refractivity contribution in [2.45, 2.75) is 12.3 Å². The molecular formula is C15H13F4NO. The summed E-state index contributed by atoms with van der Waals surface area (Å²) >= 11 is 0. The number of aliphatic hydroxyl groups is 1. The molecule has 6 heteroatoms. The van der Waals surface area contributed by atoms with Gasteiger partial charge in [0, 0.05) is 6.54 Å². The second kappa shape index (κ2) is 6.13. The van der Waals surface area contributed by atoms with Gasteiger partial charge in [-0.05, 0) is 29.8 Å². The van der Waals surface area contributed by atoms with Gasteiger partial charge in [-0.2, -0.15) is 13.2 Å². The zero-order chi connectivity index (χ0) is 15.5. The minimum Gasteiger partial charge on any atom is -0.387 e. The zero-order valence-electron chi connectivity index (χ0n) is 10.9. The summed E-state index contributed by atoms with van der Waals surface area (Å²) in [6.07, 6.45) is -5.44. The van der Waals surface area contributed by atoms with Crippen molar-refractivity contribution in [3.8, 4) is 0 Å². The molecule has 0 aliphatic rings. The predicted molar refractivity (Wildman–Crippen MR) is 71.3 cm³/mol. The van der Waals surface area contributed by atoms with Gasteiger partial charge >= 0.3 is 6.18 Å². The molecule has 0 aromatic heterocycles. The number of hydrogen-bond acceptors (Lipinski definition) is 2. The van der Waals surface area contributed by atoms with Crippen LogP contribution in [0.4, 0.5) is 23.2 Å². The summed E-state index contributed by atoms with van der Waals surface area (Å²) in [4.78, 5) is 0. The lowest BCUT2D eigenvalue weighted by Crippen LogP contribution is -2.13. The van der Waals surface area contributed by atoms with Crippen molar-refractivity contribution in [3.05, 3.63) is 65.5 Å². The van der Waals surface area contributed by atoms with E-state index in [-0.39, 0.29) is 12.2 Å². The van der Waals surface area contributed by atoms with Gasteiger partial charge in [-0.1, -0.05) is 24.3 Å². The van der Waals surface area contributed by atoms with E-state index in [1.165, 1.54) is 30.3 Å². The Hall–Kier alpha value is -2.08. The number of aliphatic hydroxyl groups excluding tert-OH is 1. The van der Waals surface area contributed by atoms with E-state index in [1.54, 1.807) is 6.07 Å². The van der Waals surface area contributed by atoms with Crippen LogP contribution in [0.2, 0.25) is 0 Å². The molecule has 0 heterocycles. The van der Waals surface area contributed by atoms with Crippen molar-refractivity contribution in [2.75, 3.05) is 11.9 Å². The number of benzene rings is 2. The van der Waals surface area contributed by atoms with Gasteiger partial charge in [-0.25, -0.2) is 4.39 Å². The summed E-state index contributed by atoms with van der Waals surface area (Å²) in [5.74, 6) is -0.461. The lowest BCUT2D eigenvalue weighted by atomic mass is 10.1. The van der Waals surface area contributed by atoms with Crippen LogP contribution >= 0.6 is 0 Å². The van der Waals surface area contributed by atoms with Gasteiger partial charge in [0.25, 0.3) is 0 Å². The smallest absolute Gasteiger partial charge is 0.387 e. The lowest BCUT2D eigenvalue weighted by Gasteiger charge is -2.14. The molecule has 2 rings (SSSR count). The number of anilines is 1. The van der Waals surface area contributed by atoms with E-state index < -0.39 is 23.7 Å². The van der Waals surface area contributed by atoms with E-state index in [2.05, 4.69) is 5.32 Å². The molecule has 2 nitrogen and oxygen atoms in total. The Labute approximate surface area is 119 Å². The molecule has 0 saturated carbocycles. The van der Waals surface area contributed by atoms with Crippen molar-refractivity contribution in [1.29, 1.82) is 0 Å². The van der Waals surface area contributed by atoms with Crippen molar-refractivity contribution in [3.63, 3.8) is 0 Å². The molecule has 0 aliphatic heterocycles. The minimum absolute atomic E-state index is 0.00764. The molecule has 0 saturated heterocycles. The van der Waals surface area contributed by atoms with E-state index in [0.717, 1.165) is 12.1 Å². The maximum atomic E-state index is 13.4. The SMILES string of the molecule is OC(CNc1ccccc1F)c1ccc(C(F)(F)F)cc1. The maximum absolute atomic E-state index is 13.4. The van der Waals surface area contributed by atoms with E-state index in [4.69, 9.17) is 0 Å². The van der Waals surface area contributed by atoms with Gasteiger partial charge in [-0.15, -0.1) is 0 Å². The van der Waals surface area contributed by atoms with Gasteiger partial charge < -0.3 is 10.4 Å². The standard InChI is InChI=1S/C15H13F4NO/c16-12-3-1-2-4-13(12)20-9-14(21)10-5-7-11(8-6-10)15(17,18)19/h1-8,14,20-21H,9H2. The molecule has 1 unspecified atom stereocenters. The fraction of sp³-hybridized carbons (Fsp3) is 0.200. The number of nitrogens with one attached hydrogen (secondary N) is 1. The number of halogens is 4. The van der Waals surface area contributed by atoms with Gasteiger partial charge in [0.1, 0.15) is 5.82 Å². The van der Waals surface area contributed by atoms with E-state index >= 15 is 0 Å². The highest BCUT2D eigenvalue weighted by Gasteiger charge is 2.30. The highest BCUT2D eigenvalue weighted by molar-refractivity contribution is 5.44. The molecule has 112 valence electrons. The Morgan fingerprint density at radius 2 is 1.62 bits per heavy atom. The van der Waals surface area contributed by atoms with Gasteiger partial charge in [-0.3, -0.25) is 0 Å². The molecule has 2 aromatic carbocycles. The van der Waals surface area contributed by atoms with Crippen molar-refractivity contribution in [2.24, 2.45) is 0 Å². The summed E-state index contributed by atoms with van der Waals surface area (Å²) in [6.45, 7) is -0.00764. The monoisotopic (exact) mass is 299 g/mol. The van der Waals surface area contributed by atoms with Crippen molar-refractivity contribution >= 4 is 5.69 Å². The van der Waals surface area contributed by atoms with Crippen LogP contribution in [-0.2, 0) is 6.18 Å². The third-order valence-corrected chi connectivity index (χ3v) is 2.98. The number of rotatable bonds is 4. The highest BCUT2D eigenvalue weighted by Crippen LogP contribution is 2.30. The Morgan fingerprint density at radius 3 is 2.19 bits per heavy atom. The highest BCUT2D eigenvalue weighted by atomic mass is 19.4. The Balaban J connectivity index is 2.01. The minimum atomic E-state index is -4.41. The Kier molecular flexibility index (Phi) is 4.47. The first-order valence-corrected chi connectivity index (χ1v) is 6.21. The van der Waals surface area contributed by atoms with E-state index in [0.29, 0.717) is 5.56 Å². The topological polar surface area (TPSA) is 32.3 Å². The third-order valence-electron chi connectivity index (χ3n) is 2.98. The summed E-state index contributed by atoms with van der Waals surface area (Å²) < 4.78 is 50.6. The molecule has 0 amide bonds. The van der Waals surface area contributed by atoms with Crippen LogP contribution in [0.15, 0.2) is 48.5 Å². The van der Waals surface area contributed by atoms with Crippen LogP contribution in [0.1, 0.15) is 17.2 Å². The number of hydrogen-bond donors (Lipinski definition) is 2. The first kappa shape index (κ1) is 15.3. The first-order valence-electron chi connectivity index (χ1n) is 6.21. The van der Waals surface area contributed by atoms with Crippen LogP contribution in [0, 0.1) is 5.82 Å². The molecule has 2 N–H and O–H groups in total. The van der Waals surface area contributed by atoms with Crippen molar-refractivity contribution < 1.29 is 22.7 Å². The number of para-hydroxylation sites is 1. The second-order valence-corrected chi connectivity index (χ2v) is 4.50. The predicted octanol–water partition coefficient (Wildman–Crippen LogP) is 3.99. The molecular weight excluding hydrogens is 286 g/mol. The van der Waals surface area contributed by atoms with Crippen LogP contribution in [-0.4, -0.2) is 11.7 Å². The molecule has 1 atom stereocenters. The molecule has 21 heavy (non-hydrogen) atoms. The quantitative estimate of drug-likeness (QED) is 0.837. The molecule has 0 aliphatic carbocycles. The molecule has 0 fully saturated rings. The van der Waals surface area contributed by atoms with Crippen LogP contribution in [0.3, 0.4) is 0 Å². The third kappa shape index (κ3) is 3.95. The fourth-order valence-corrected chi connectivity index (χ4v) is 1.82. The zero-order valence-corrected chi connectivity index (χ0v) is 10.9. The van der Waals surface area contributed by atoms with Crippen LogP contribution < -0.4 is 5.32 Å². The summed E-state index contributed by atoms with van der Waals surface area (Å²) in [5, 5.41) is 12.6. The summed E-state index contributed by atoms with van der Waals surface area (Å²) in [7, 11) is 0. The average molecular weight is 299 g/mol. The van der Waals surface area contributed by atoms with E-state index in [1.807, 2.05) is 0 Å². The Morgan fingerprint density at radius 1 is 1.00 bits per heavy atom. The molecule has 2 aromatic rings. The van der Waals surface area contributed by atoms with Crippen LogP contribution in [0.25, 0.3) is 0 Å². The summed E-state index contributed by atoms with van der Waals surface area (Å²) in [5.41, 5.74) is -0.226. The van der Waals surface area contributed by atoms with Crippen LogP contribution in [0.5, 0.6) is 0 Å². The van der Waals surface area contributed by atoms with Gasteiger partial charge in [0.15, 0.2) is 0 Å². The summed E-state index contributed by atoms with van der Waals surface area (Å²) in [6, 6.07) is 10.2. The molecule has 0 bridgehead atoms. The second-order valence-electron chi connectivity index (χ2n) is 4.50. The lowest BCUT2D eigenvalue weighted by molar-refractivity contribution is -0.137. The Bertz CT molecular complexity index is 595. The average Bonchev–Trinajstić information content (AvgIpc) is 2.45. The first-order chi connectivity index (χ1) is 9.88. The normalized spacial score (nSPS) is 13.0. The van der Waals surface area contributed by atoms with Gasteiger partial charge in [0.05, 0.1) is 17.4 Å². The van der Waals surface area contributed by atoms with Crippen molar-refractivity contribution in [1.82, 2.24) is 0 Å². The fourth-order valence-electron chi connectivity index (χ4n) is 1.82. The van der Waals surface area contributed by atoms with E-state index in [9.17, 15) is 22.7 Å². The molecule has 0 radical (unpaired) electrons. The maximum Gasteiger partial charge on any atom is 0.416 e.